The summed E-state index contributed by atoms with van der Waals surface area (Å²) in [5.74, 6) is 0.800. The molecule has 7 nitrogen and oxygen atoms in total. The van der Waals surface area contributed by atoms with Crippen LogP contribution in [0.25, 0.3) is 10.8 Å². The van der Waals surface area contributed by atoms with E-state index in [2.05, 4.69) is 10.0 Å². The van der Waals surface area contributed by atoms with Gasteiger partial charge in [-0.15, -0.1) is 0 Å². The first kappa shape index (κ1) is 21.6. The normalized spacial score (nSPS) is 11.4. The molecular weight excluding hydrogens is 428 g/mol. The maximum Gasteiger partial charge on any atom is 0.291 e. The third kappa shape index (κ3) is 4.66. The number of carbonyl (C=O) groups excluding carboxylic acids is 1. The Kier molecular flexibility index (Phi) is 5.98. The van der Waals surface area contributed by atoms with Crippen molar-refractivity contribution in [2.24, 2.45) is 0 Å². The van der Waals surface area contributed by atoms with E-state index in [1.54, 1.807) is 31.2 Å². The number of benzene rings is 3. The monoisotopic (exact) mass is 450 g/mol. The molecule has 0 atom stereocenters. The molecule has 4 aromatic rings. The lowest BCUT2D eigenvalue weighted by molar-refractivity contribution is 0.0992. The quantitative estimate of drug-likeness (QED) is 0.433. The van der Waals surface area contributed by atoms with Crippen LogP contribution in [0.3, 0.4) is 0 Å². The number of carbonyl (C=O) groups is 1. The fourth-order valence-corrected chi connectivity index (χ4v) is 4.25. The Balaban J connectivity index is 1.43. The van der Waals surface area contributed by atoms with E-state index in [9.17, 15) is 13.2 Å². The summed E-state index contributed by atoms with van der Waals surface area (Å²) < 4.78 is 37.9. The molecule has 0 bridgehead atoms. The largest absolute Gasteiger partial charge is 0.486 e. The number of nitrogens with one attached hydrogen (secondary N) is 2. The lowest BCUT2D eigenvalue weighted by atomic mass is 10.1. The average molecular weight is 451 g/mol. The Morgan fingerprint density at radius 1 is 0.969 bits per heavy atom. The van der Waals surface area contributed by atoms with Crippen LogP contribution in [0.4, 0.5) is 5.69 Å². The molecule has 3 aromatic carbocycles. The standard InChI is InChI=1S/C24H22N2O5S/c1-16-7-9-19(14-23(16)32(28,29)25-2)26-24(27)22-12-11-21(31-22)15-30-20-10-8-17-5-3-4-6-18(17)13-20/h3-14,25H,15H2,1-2H3,(H,26,27). The van der Waals surface area contributed by atoms with Crippen LogP contribution in [0.1, 0.15) is 21.9 Å². The van der Waals surface area contributed by atoms with Gasteiger partial charge in [-0.1, -0.05) is 36.4 Å². The third-order valence-corrected chi connectivity index (χ3v) is 6.55. The van der Waals surface area contributed by atoms with Crippen molar-refractivity contribution in [2.45, 2.75) is 18.4 Å². The van der Waals surface area contributed by atoms with E-state index in [4.69, 9.17) is 9.15 Å². The summed E-state index contributed by atoms with van der Waals surface area (Å²) in [6.45, 7) is 1.85. The molecule has 164 valence electrons. The van der Waals surface area contributed by atoms with Crippen molar-refractivity contribution in [2.75, 3.05) is 12.4 Å². The van der Waals surface area contributed by atoms with Crippen LogP contribution in [0.15, 0.2) is 82.1 Å². The molecule has 0 saturated heterocycles. The highest BCUT2D eigenvalue weighted by Gasteiger charge is 2.17. The molecule has 0 aliphatic heterocycles. The van der Waals surface area contributed by atoms with Gasteiger partial charge in [-0.3, -0.25) is 4.79 Å². The van der Waals surface area contributed by atoms with Gasteiger partial charge in [-0.05, 0) is 66.7 Å². The van der Waals surface area contributed by atoms with Crippen LogP contribution in [0, 0.1) is 6.92 Å². The summed E-state index contributed by atoms with van der Waals surface area (Å²) in [6.07, 6.45) is 0. The number of furan rings is 1. The summed E-state index contributed by atoms with van der Waals surface area (Å²) in [6, 6.07) is 21.7. The number of hydrogen-bond donors (Lipinski definition) is 2. The minimum Gasteiger partial charge on any atom is -0.486 e. The van der Waals surface area contributed by atoms with Crippen LogP contribution >= 0.6 is 0 Å². The fourth-order valence-electron chi connectivity index (χ4n) is 3.26. The summed E-state index contributed by atoms with van der Waals surface area (Å²) in [5.41, 5.74) is 0.920. The molecule has 0 saturated carbocycles. The predicted octanol–water partition coefficient (Wildman–Crippen LogP) is 4.48. The molecular formula is C24H22N2O5S. The van der Waals surface area contributed by atoms with Gasteiger partial charge in [0, 0.05) is 5.69 Å². The minimum atomic E-state index is -3.64. The van der Waals surface area contributed by atoms with E-state index >= 15 is 0 Å². The molecule has 1 amide bonds. The summed E-state index contributed by atoms with van der Waals surface area (Å²) in [7, 11) is -2.30. The Morgan fingerprint density at radius 3 is 2.53 bits per heavy atom. The topological polar surface area (TPSA) is 97.6 Å². The van der Waals surface area contributed by atoms with Gasteiger partial charge in [0.2, 0.25) is 10.0 Å². The second-order valence-corrected chi connectivity index (χ2v) is 9.06. The SMILES string of the molecule is CNS(=O)(=O)c1cc(NC(=O)c2ccc(COc3ccc4ccccc4c3)o2)ccc1C. The molecule has 1 heterocycles. The highest BCUT2D eigenvalue weighted by atomic mass is 32.2. The lowest BCUT2D eigenvalue weighted by Crippen LogP contribution is -2.20. The molecule has 8 heteroatoms. The lowest BCUT2D eigenvalue weighted by Gasteiger charge is -2.10. The van der Waals surface area contributed by atoms with Gasteiger partial charge in [0.25, 0.3) is 5.91 Å². The van der Waals surface area contributed by atoms with E-state index in [1.807, 2.05) is 42.5 Å². The van der Waals surface area contributed by atoms with Gasteiger partial charge in [0.1, 0.15) is 18.1 Å². The molecule has 0 radical (unpaired) electrons. The van der Waals surface area contributed by atoms with Crippen LogP contribution in [0.2, 0.25) is 0 Å². The second-order valence-electron chi connectivity index (χ2n) is 7.21. The third-order valence-electron chi connectivity index (χ3n) is 4.99. The number of anilines is 1. The highest BCUT2D eigenvalue weighted by molar-refractivity contribution is 7.89. The van der Waals surface area contributed by atoms with Crippen molar-refractivity contribution < 1.29 is 22.4 Å². The molecule has 0 fully saturated rings. The van der Waals surface area contributed by atoms with Crippen LogP contribution in [-0.2, 0) is 16.6 Å². The number of fused-ring (bicyclic) bond motifs is 1. The second kappa shape index (κ2) is 8.86. The van der Waals surface area contributed by atoms with Crippen LogP contribution < -0.4 is 14.8 Å². The zero-order valence-corrected chi connectivity index (χ0v) is 18.4. The zero-order valence-electron chi connectivity index (χ0n) is 17.6. The van der Waals surface area contributed by atoms with Gasteiger partial charge in [-0.25, -0.2) is 13.1 Å². The molecule has 0 aliphatic carbocycles. The molecule has 1 aromatic heterocycles. The van der Waals surface area contributed by atoms with Crippen molar-refractivity contribution in [1.29, 1.82) is 0 Å². The van der Waals surface area contributed by atoms with E-state index in [0.29, 0.717) is 22.8 Å². The first-order chi connectivity index (χ1) is 15.4. The van der Waals surface area contributed by atoms with E-state index in [-0.39, 0.29) is 17.3 Å². The molecule has 4 rings (SSSR count). The van der Waals surface area contributed by atoms with Gasteiger partial charge >= 0.3 is 0 Å². The number of amides is 1. The predicted molar refractivity (Wildman–Crippen MR) is 122 cm³/mol. The summed E-state index contributed by atoms with van der Waals surface area (Å²) >= 11 is 0. The summed E-state index contributed by atoms with van der Waals surface area (Å²) in [5, 5.41) is 4.86. The summed E-state index contributed by atoms with van der Waals surface area (Å²) in [4.78, 5) is 12.7. The number of rotatable bonds is 7. The molecule has 0 aliphatic rings. The molecule has 32 heavy (non-hydrogen) atoms. The number of aryl methyl sites for hydroxylation is 1. The van der Waals surface area contributed by atoms with Crippen LogP contribution in [-0.4, -0.2) is 21.4 Å². The molecule has 0 unspecified atom stereocenters. The fraction of sp³-hybridized carbons (Fsp3) is 0.125. The Labute approximate surface area is 186 Å². The first-order valence-electron chi connectivity index (χ1n) is 9.91. The van der Waals surface area contributed by atoms with Gasteiger partial charge < -0.3 is 14.5 Å². The van der Waals surface area contributed by atoms with Crippen molar-refractivity contribution >= 4 is 32.4 Å². The van der Waals surface area contributed by atoms with E-state index < -0.39 is 15.9 Å². The van der Waals surface area contributed by atoms with Crippen molar-refractivity contribution in [3.8, 4) is 5.75 Å². The highest BCUT2D eigenvalue weighted by Crippen LogP contribution is 2.23. The number of hydrogen-bond acceptors (Lipinski definition) is 5. The Hall–Kier alpha value is -3.62. The molecule has 2 N–H and O–H groups in total. The van der Waals surface area contributed by atoms with E-state index in [1.165, 1.54) is 13.1 Å². The van der Waals surface area contributed by atoms with Gasteiger partial charge in [0.15, 0.2) is 5.76 Å². The van der Waals surface area contributed by atoms with Crippen molar-refractivity contribution in [3.05, 3.63) is 89.9 Å². The Morgan fingerprint density at radius 2 is 1.75 bits per heavy atom. The van der Waals surface area contributed by atoms with Gasteiger partial charge in [0.05, 0.1) is 4.90 Å². The first-order valence-corrected chi connectivity index (χ1v) is 11.4. The average Bonchev–Trinajstić information content (AvgIpc) is 3.28. The van der Waals surface area contributed by atoms with E-state index in [0.717, 1.165) is 10.8 Å². The number of sulfonamides is 1. The van der Waals surface area contributed by atoms with Crippen LogP contribution in [0.5, 0.6) is 5.75 Å². The van der Waals surface area contributed by atoms with Crippen molar-refractivity contribution in [3.63, 3.8) is 0 Å². The smallest absolute Gasteiger partial charge is 0.291 e. The maximum absolute atomic E-state index is 12.6. The zero-order chi connectivity index (χ0) is 22.7. The van der Waals surface area contributed by atoms with Gasteiger partial charge in [-0.2, -0.15) is 0 Å². The Bertz CT molecular complexity index is 1390. The molecule has 0 spiro atoms. The van der Waals surface area contributed by atoms with Crippen molar-refractivity contribution in [1.82, 2.24) is 4.72 Å². The number of ether oxygens (including phenoxy) is 1. The maximum atomic E-state index is 12.6. The minimum absolute atomic E-state index is 0.0979.